The van der Waals surface area contributed by atoms with Crippen molar-refractivity contribution in [2.24, 2.45) is 0 Å². The van der Waals surface area contributed by atoms with Crippen LogP contribution in [-0.2, 0) is 6.42 Å². The molecule has 0 spiro atoms. The van der Waals surface area contributed by atoms with Gasteiger partial charge in [0.25, 0.3) is 0 Å². The van der Waals surface area contributed by atoms with Crippen LogP contribution in [-0.4, -0.2) is 12.0 Å². The number of hydrogen-bond acceptors (Lipinski definition) is 4. The SMILES string of the molecule is CNc1c(C#N)cnc2c1Cc1ccccc1O2. The van der Waals surface area contributed by atoms with Crippen molar-refractivity contribution in [2.45, 2.75) is 6.42 Å². The van der Waals surface area contributed by atoms with E-state index in [1.165, 1.54) is 0 Å². The molecule has 0 radical (unpaired) electrons. The van der Waals surface area contributed by atoms with E-state index in [0.717, 1.165) is 29.0 Å². The molecule has 18 heavy (non-hydrogen) atoms. The van der Waals surface area contributed by atoms with Crippen molar-refractivity contribution in [3.05, 3.63) is 47.2 Å². The fourth-order valence-electron chi connectivity index (χ4n) is 2.20. The Kier molecular flexibility index (Phi) is 2.38. The lowest BCUT2D eigenvalue weighted by atomic mass is 9.99. The van der Waals surface area contributed by atoms with Gasteiger partial charge in [0.15, 0.2) is 0 Å². The summed E-state index contributed by atoms with van der Waals surface area (Å²) in [5, 5.41) is 12.1. The summed E-state index contributed by atoms with van der Waals surface area (Å²) in [6.45, 7) is 0. The second-order valence-electron chi connectivity index (χ2n) is 4.08. The van der Waals surface area contributed by atoms with Crippen LogP contribution in [0.5, 0.6) is 11.6 Å². The van der Waals surface area contributed by atoms with Gasteiger partial charge in [0, 0.05) is 19.0 Å². The molecule has 2 heterocycles. The van der Waals surface area contributed by atoms with Gasteiger partial charge in [0.2, 0.25) is 5.88 Å². The van der Waals surface area contributed by atoms with Crippen LogP contribution >= 0.6 is 0 Å². The van der Waals surface area contributed by atoms with Crippen molar-refractivity contribution >= 4 is 5.69 Å². The highest BCUT2D eigenvalue weighted by atomic mass is 16.5. The van der Waals surface area contributed by atoms with Crippen LogP contribution in [0, 0.1) is 11.3 Å². The molecule has 4 nitrogen and oxygen atoms in total. The van der Waals surface area contributed by atoms with E-state index in [1.807, 2.05) is 24.3 Å². The summed E-state index contributed by atoms with van der Waals surface area (Å²) in [7, 11) is 1.80. The minimum Gasteiger partial charge on any atom is -0.438 e. The van der Waals surface area contributed by atoms with Gasteiger partial charge in [0.1, 0.15) is 11.8 Å². The number of rotatable bonds is 1. The van der Waals surface area contributed by atoms with E-state index < -0.39 is 0 Å². The molecule has 0 saturated heterocycles. The normalized spacial score (nSPS) is 11.8. The zero-order valence-corrected chi connectivity index (χ0v) is 9.90. The Morgan fingerprint density at radius 2 is 2.22 bits per heavy atom. The molecule has 0 bridgehead atoms. The number of ether oxygens (including phenoxy) is 1. The summed E-state index contributed by atoms with van der Waals surface area (Å²) >= 11 is 0. The van der Waals surface area contributed by atoms with Crippen LogP contribution < -0.4 is 10.1 Å². The third-order valence-electron chi connectivity index (χ3n) is 3.06. The number of benzene rings is 1. The average Bonchev–Trinajstić information content (AvgIpc) is 2.43. The fraction of sp³-hybridized carbons (Fsp3) is 0.143. The molecule has 0 aliphatic carbocycles. The van der Waals surface area contributed by atoms with Crippen molar-refractivity contribution in [2.75, 3.05) is 12.4 Å². The molecule has 0 saturated carbocycles. The zero-order chi connectivity index (χ0) is 12.5. The van der Waals surface area contributed by atoms with E-state index in [2.05, 4.69) is 16.4 Å². The van der Waals surface area contributed by atoms with Gasteiger partial charge in [-0.1, -0.05) is 18.2 Å². The maximum Gasteiger partial charge on any atom is 0.224 e. The van der Waals surface area contributed by atoms with Crippen LogP contribution in [0.1, 0.15) is 16.7 Å². The molecule has 0 unspecified atom stereocenters. The number of nitrogens with one attached hydrogen (secondary N) is 1. The summed E-state index contributed by atoms with van der Waals surface area (Å²) < 4.78 is 5.76. The number of anilines is 1. The summed E-state index contributed by atoms with van der Waals surface area (Å²) in [5.74, 6) is 1.42. The standard InChI is InChI=1S/C14H11N3O/c1-16-13-10(7-15)8-17-14-11(13)6-9-4-2-3-5-12(9)18-14/h2-5,8H,6H2,1H3,(H,16,17). The number of pyridine rings is 1. The molecule has 4 heteroatoms. The Bertz CT molecular complexity index is 659. The predicted molar refractivity (Wildman–Crippen MR) is 67.8 cm³/mol. The van der Waals surface area contributed by atoms with Gasteiger partial charge in [-0.25, -0.2) is 4.98 Å². The molecular formula is C14H11N3O. The summed E-state index contributed by atoms with van der Waals surface area (Å²) in [6, 6.07) is 10.0. The highest BCUT2D eigenvalue weighted by Crippen LogP contribution is 2.39. The molecule has 0 fully saturated rings. The first-order valence-electron chi connectivity index (χ1n) is 5.69. The van der Waals surface area contributed by atoms with Crippen molar-refractivity contribution in [3.63, 3.8) is 0 Å². The van der Waals surface area contributed by atoms with Crippen molar-refractivity contribution in [1.82, 2.24) is 4.98 Å². The van der Waals surface area contributed by atoms with Gasteiger partial charge < -0.3 is 10.1 Å². The first kappa shape index (κ1) is 10.6. The maximum atomic E-state index is 9.08. The number of nitrogens with zero attached hydrogens (tertiary/aromatic N) is 2. The minimum absolute atomic E-state index is 0.541. The van der Waals surface area contributed by atoms with Crippen LogP contribution in [0.3, 0.4) is 0 Å². The third-order valence-corrected chi connectivity index (χ3v) is 3.06. The van der Waals surface area contributed by atoms with Gasteiger partial charge in [-0.15, -0.1) is 0 Å². The Balaban J connectivity index is 2.16. The zero-order valence-electron chi connectivity index (χ0n) is 9.90. The number of aromatic nitrogens is 1. The van der Waals surface area contributed by atoms with Gasteiger partial charge in [-0.2, -0.15) is 5.26 Å². The largest absolute Gasteiger partial charge is 0.438 e. The molecule has 88 valence electrons. The van der Waals surface area contributed by atoms with Crippen molar-refractivity contribution < 1.29 is 4.74 Å². The third kappa shape index (κ3) is 1.49. The predicted octanol–water partition coefficient (Wildman–Crippen LogP) is 2.69. The summed E-state index contributed by atoms with van der Waals surface area (Å²) in [6.07, 6.45) is 2.27. The number of hydrogen-bond donors (Lipinski definition) is 1. The number of nitriles is 1. The van der Waals surface area contributed by atoms with Crippen LogP contribution in [0.4, 0.5) is 5.69 Å². The van der Waals surface area contributed by atoms with Gasteiger partial charge in [-0.05, 0) is 11.6 Å². The van der Waals surface area contributed by atoms with E-state index in [-0.39, 0.29) is 0 Å². The topological polar surface area (TPSA) is 57.9 Å². The van der Waals surface area contributed by atoms with Gasteiger partial charge >= 0.3 is 0 Å². The maximum absolute atomic E-state index is 9.08. The minimum atomic E-state index is 0.541. The fourth-order valence-corrected chi connectivity index (χ4v) is 2.20. The molecule has 0 atom stereocenters. The Hall–Kier alpha value is -2.54. The van der Waals surface area contributed by atoms with E-state index in [4.69, 9.17) is 10.00 Å². The molecule has 1 aliphatic rings. The number of fused-ring (bicyclic) bond motifs is 2. The quantitative estimate of drug-likeness (QED) is 0.707. The molecule has 3 rings (SSSR count). The van der Waals surface area contributed by atoms with Crippen molar-refractivity contribution in [1.29, 1.82) is 5.26 Å². The molecule has 2 aromatic rings. The second-order valence-corrected chi connectivity index (χ2v) is 4.08. The molecule has 0 amide bonds. The first-order valence-corrected chi connectivity index (χ1v) is 5.69. The summed E-state index contributed by atoms with van der Waals surface area (Å²) in [5.41, 5.74) is 3.39. The molecular weight excluding hydrogens is 226 g/mol. The van der Waals surface area contributed by atoms with E-state index in [0.29, 0.717) is 11.4 Å². The number of para-hydroxylation sites is 1. The van der Waals surface area contributed by atoms with Gasteiger partial charge in [-0.3, -0.25) is 0 Å². The van der Waals surface area contributed by atoms with Crippen LogP contribution in [0.15, 0.2) is 30.5 Å². The first-order chi connectivity index (χ1) is 8.83. The van der Waals surface area contributed by atoms with Gasteiger partial charge in [0.05, 0.1) is 17.4 Å². The Morgan fingerprint density at radius 3 is 3.00 bits per heavy atom. The smallest absolute Gasteiger partial charge is 0.224 e. The second kappa shape index (κ2) is 4.04. The lowest BCUT2D eigenvalue weighted by Gasteiger charge is -2.21. The molecule has 1 N–H and O–H groups in total. The summed E-state index contributed by atoms with van der Waals surface area (Å²) in [4.78, 5) is 4.21. The lowest BCUT2D eigenvalue weighted by Crippen LogP contribution is -2.09. The monoisotopic (exact) mass is 237 g/mol. The molecule has 1 aromatic heterocycles. The molecule has 1 aliphatic heterocycles. The van der Waals surface area contributed by atoms with E-state index in [1.54, 1.807) is 13.2 Å². The highest BCUT2D eigenvalue weighted by Gasteiger charge is 2.22. The lowest BCUT2D eigenvalue weighted by molar-refractivity contribution is 0.441. The van der Waals surface area contributed by atoms with Crippen LogP contribution in [0.25, 0.3) is 0 Å². The van der Waals surface area contributed by atoms with Crippen molar-refractivity contribution in [3.8, 4) is 17.7 Å². The van der Waals surface area contributed by atoms with E-state index >= 15 is 0 Å². The molecule has 1 aromatic carbocycles. The highest BCUT2D eigenvalue weighted by molar-refractivity contribution is 5.67. The van der Waals surface area contributed by atoms with Crippen LogP contribution in [0.2, 0.25) is 0 Å². The average molecular weight is 237 g/mol. The Morgan fingerprint density at radius 1 is 1.39 bits per heavy atom. The Labute approximate surface area is 105 Å². The van der Waals surface area contributed by atoms with E-state index in [9.17, 15) is 0 Å².